The topological polar surface area (TPSA) is 49.9 Å². The molecule has 1 aliphatic heterocycles. The standard InChI is InChI=1S/C26H34N2O3S/c1-18(2)28(26(30)20-6-4-5-7-20)16-25(29)27-14-12-24-22(13-15-32-24)23(27)17-31-21-10-8-19(3)9-11-21/h8-11,13,15,18,20,23H,4-7,12,14,16-17H2,1-3H3/t23-/m1/s1. The van der Waals surface area contributed by atoms with E-state index in [4.69, 9.17) is 4.74 Å². The smallest absolute Gasteiger partial charge is 0.242 e. The molecule has 0 bridgehead atoms. The molecule has 1 aromatic carbocycles. The molecule has 2 heterocycles. The summed E-state index contributed by atoms with van der Waals surface area (Å²) in [6.45, 7) is 7.29. The highest BCUT2D eigenvalue weighted by Crippen LogP contribution is 2.34. The van der Waals surface area contributed by atoms with Crippen LogP contribution in [0, 0.1) is 12.8 Å². The predicted molar refractivity (Wildman–Crippen MR) is 128 cm³/mol. The minimum Gasteiger partial charge on any atom is -0.491 e. The number of thiophene rings is 1. The largest absolute Gasteiger partial charge is 0.491 e. The van der Waals surface area contributed by atoms with E-state index in [0.29, 0.717) is 13.2 Å². The number of hydrogen-bond donors (Lipinski definition) is 0. The number of rotatable bonds is 7. The monoisotopic (exact) mass is 454 g/mol. The lowest BCUT2D eigenvalue weighted by molar-refractivity contribution is -0.146. The van der Waals surface area contributed by atoms with E-state index in [9.17, 15) is 9.59 Å². The van der Waals surface area contributed by atoms with Crippen LogP contribution in [-0.4, -0.2) is 47.4 Å². The Labute approximate surface area is 195 Å². The van der Waals surface area contributed by atoms with Crippen LogP contribution in [0.5, 0.6) is 5.75 Å². The summed E-state index contributed by atoms with van der Waals surface area (Å²) in [5, 5.41) is 2.10. The second-order valence-electron chi connectivity index (χ2n) is 9.32. The minimum absolute atomic E-state index is 0.0100. The highest BCUT2D eigenvalue weighted by atomic mass is 32.1. The number of aryl methyl sites for hydroxylation is 1. The van der Waals surface area contributed by atoms with Crippen molar-refractivity contribution in [3.63, 3.8) is 0 Å². The summed E-state index contributed by atoms with van der Waals surface area (Å²) >= 11 is 1.75. The van der Waals surface area contributed by atoms with Crippen molar-refractivity contribution in [2.75, 3.05) is 19.7 Å². The second-order valence-corrected chi connectivity index (χ2v) is 10.3. The Kier molecular flexibility index (Phi) is 7.19. The molecule has 32 heavy (non-hydrogen) atoms. The van der Waals surface area contributed by atoms with E-state index in [0.717, 1.165) is 37.9 Å². The van der Waals surface area contributed by atoms with Crippen molar-refractivity contribution in [3.8, 4) is 5.75 Å². The fourth-order valence-corrected chi connectivity index (χ4v) is 5.77. The summed E-state index contributed by atoms with van der Waals surface area (Å²) in [6, 6.07) is 10.0. The van der Waals surface area contributed by atoms with E-state index >= 15 is 0 Å². The number of nitrogens with zero attached hydrogens (tertiary/aromatic N) is 2. The van der Waals surface area contributed by atoms with Crippen LogP contribution >= 0.6 is 11.3 Å². The van der Waals surface area contributed by atoms with E-state index in [1.807, 2.05) is 43.0 Å². The molecule has 6 heteroatoms. The number of benzene rings is 1. The first-order valence-electron chi connectivity index (χ1n) is 11.8. The third-order valence-corrected chi connectivity index (χ3v) is 7.76. The van der Waals surface area contributed by atoms with Crippen molar-refractivity contribution in [3.05, 3.63) is 51.7 Å². The van der Waals surface area contributed by atoms with Crippen LogP contribution in [0.4, 0.5) is 0 Å². The Hall–Kier alpha value is -2.34. The Balaban J connectivity index is 1.49. The molecule has 2 aliphatic rings. The SMILES string of the molecule is Cc1ccc(OC[C@@H]2c3ccsc3CCN2C(=O)CN(C(=O)C2CCCC2)C(C)C)cc1. The Morgan fingerprint density at radius 1 is 1.16 bits per heavy atom. The van der Waals surface area contributed by atoms with Gasteiger partial charge in [-0.3, -0.25) is 9.59 Å². The molecule has 1 aromatic heterocycles. The molecular weight excluding hydrogens is 420 g/mol. The first-order valence-corrected chi connectivity index (χ1v) is 12.7. The summed E-state index contributed by atoms with van der Waals surface area (Å²) in [4.78, 5) is 31.7. The fourth-order valence-electron chi connectivity index (χ4n) is 4.84. The van der Waals surface area contributed by atoms with Crippen LogP contribution < -0.4 is 4.74 Å². The summed E-state index contributed by atoms with van der Waals surface area (Å²) in [7, 11) is 0. The van der Waals surface area contributed by atoms with Gasteiger partial charge >= 0.3 is 0 Å². The number of fused-ring (bicyclic) bond motifs is 1. The van der Waals surface area contributed by atoms with Crippen molar-refractivity contribution < 1.29 is 14.3 Å². The molecular formula is C26H34N2O3S. The molecule has 0 radical (unpaired) electrons. The van der Waals surface area contributed by atoms with Gasteiger partial charge in [0.05, 0.1) is 6.04 Å². The third kappa shape index (κ3) is 5.01. The van der Waals surface area contributed by atoms with Gasteiger partial charge in [-0.15, -0.1) is 11.3 Å². The summed E-state index contributed by atoms with van der Waals surface area (Å²) in [5.41, 5.74) is 2.37. The van der Waals surface area contributed by atoms with Crippen molar-refractivity contribution in [1.82, 2.24) is 9.80 Å². The van der Waals surface area contributed by atoms with E-state index in [2.05, 4.69) is 18.4 Å². The van der Waals surface area contributed by atoms with E-state index in [1.165, 1.54) is 16.0 Å². The molecule has 5 nitrogen and oxygen atoms in total. The molecule has 2 aromatic rings. The lowest BCUT2D eigenvalue weighted by Gasteiger charge is -2.38. The van der Waals surface area contributed by atoms with Gasteiger partial charge in [-0.05, 0) is 69.2 Å². The zero-order valence-corrected chi connectivity index (χ0v) is 20.2. The summed E-state index contributed by atoms with van der Waals surface area (Å²) in [5.74, 6) is 1.05. The van der Waals surface area contributed by atoms with Gasteiger partial charge in [0.15, 0.2) is 0 Å². The Morgan fingerprint density at radius 3 is 2.56 bits per heavy atom. The maximum atomic E-state index is 13.5. The van der Waals surface area contributed by atoms with E-state index in [-0.39, 0.29) is 36.4 Å². The zero-order chi connectivity index (χ0) is 22.7. The van der Waals surface area contributed by atoms with Crippen LogP contribution in [0.2, 0.25) is 0 Å². The van der Waals surface area contributed by atoms with Crippen molar-refractivity contribution in [2.24, 2.45) is 5.92 Å². The van der Waals surface area contributed by atoms with Gasteiger partial charge in [-0.2, -0.15) is 0 Å². The predicted octanol–water partition coefficient (Wildman–Crippen LogP) is 4.99. The highest BCUT2D eigenvalue weighted by molar-refractivity contribution is 7.10. The van der Waals surface area contributed by atoms with Gasteiger partial charge in [0.25, 0.3) is 0 Å². The molecule has 1 saturated carbocycles. The number of hydrogen-bond acceptors (Lipinski definition) is 4. The lowest BCUT2D eigenvalue weighted by Crippen LogP contribution is -2.50. The molecule has 0 N–H and O–H groups in total. The van der Waals surface area contributed by atoms with Crippen LogP contribution in [0.25, 0.3) is 0 Å². The first kappa shape index (κ1) is 22.8. The quantitative estimate of drug-likeness (QED) is 0.592. The molecule has 4 rings (SSSR count). The van der Waals surface area contributed by atoms with Gasteiger partial charge in [-0.1, -0.05) is 30.5 Å². The fraction of sp³-hybridized carbons (Fsp3) is 0.538. The molecule has 0 saturated heterocycles. The zero-order valence-electron chi connectivity index (χ0n) is 19.4. The minimum atomic E-state index is -0.130. The van der Waals surface area contributed by atoms with Crippen molar-refractivity contribution in [1.29, 1.82) is 0 Å². The third-order valence-electron chi connectivity index (χ3n) is 6.76. The first-order chi connectivity index (χ1) is 15.4. The normalized spacial score (nSPS) is 18.6. The van der Waals surface area contributed by atoms with Crippen LogP contribution in [0.15, 0.2) is 35.7 Å². The highest BCUT2D eigenvalue weighted by Gasteiger charge is 2.35. The summed E-state index contributed by atoms with van der Waals surface area (Å²) < 4.78 is 6.12. The van der Waals surface area contributed by atoms with Crippen LogP contribution in [0.1, 0.15) is 61.6 Å². The molecule has 1 atom stereocenters. The van der Waals surface area contributed by atoms with Crippen molar-refractivity contribution >= 4 is 23.2 Å². The van der Waals surface area contributed by atoms with Gasteiger partial charge in [0.2, 0.25) is 11.8 Å². The van der Waals surface area contributed by atoms with Crippen LogP contribution in [0.3, 0.4) is 0 Å². The van der Waals surface area contributed by atoms with Gasteiger partial charge < -0.3 is 14.5 Å². The average molecular weight is 455 g/mol. The average Bonchev–Trinajstić information content (AvgIpc) is 3.48. The molecule has 0 unspecified atom stereocenters. The van der Waals surface area contributed by atoms with E-state index in [1.54, 1.807) is 16.2 Å². The Morgan fingerprint density at radius 2 is 1.88 bits per heavy atom. The molecule has 1 fully saturated rings. The van der Waals surface area contributed by atoms with Gasteiger partial charge in [0, 0.05) is 23.4 Å². The second kappa shape index (κ2) is 10.1. The van der Waals surface area contributed by atoms with Crippen molar-refractivity contribution in [2.45, 2.75) is 65.0 Å². The van der Waals surface area contributed by atoms with Crippen LogP contribution in [-0.2, 0) is 16.0 Å². The van der Waals surface area contributed by atoms with Gasteiger partial charge in [0.1, 0.15) is 18.9 Å². The lowest BCUT2D eigenvalue weighted by atomic mass is 10.00. The number of carbonyl (C=O) groups excluding carboxylic acids is 2. The van der Waals surface area contributed by atoms with Gasteiger partial charge in [-0.25, -0.2) is 0 Å². The summed E-state index contributed by atoms with van der Waals surface area (Å²) in [6.07, 6.45) is 4.98. The number of carbonyl (C=O) groups is 2. The maximum Gasteiger partial charge on any atom is 0.242 e. The molecule has 1 aliphatic carbocycles. The maximum absolute atomic E-state index is 13.5. The molecule has 172 valence electrons. The van der Waals surface area contributed by atoms with E-state index < -0.39 is 0 Å². The number of ether oxygens (including phenoxy) is 1. The molecule has 0 spiro atoms. The molecule has 2 amide bonds. The Bertz CT molecular complexity index is 931. The number of amides is 2.